The predicted octanol–water partition coefficient (Wildman–Crippen LogP) is 1.18. The van der Waals surface area contributed by atoms with E-state index in [0.29, 0.717) is 0 Å². The molecule has 4 N–H and O–H groups in total. The lowest BCUT2D eigenvalue weighted by molar-refractivity contribution is 0.493. The summed E-state index contributed by atoms with van der Waals surface area (Å²) >= 11 is 0. The lowest BCUT2D eigenvalue weighted by atomic mass is 9.81. The summed E-state index contributed by atoms with van der Waals surface area (Å²) in [6, 6.07) is 5.90. The number of hydrogen-bond donors (Lipinski definition) is 2. The number of aromatic nitrogens is 2. The number of nitrogens with zero attached hydrogens (tertiary/aromatic N) is 2. The van der Waals surface area contributed by atoms with Crippen molar-refractivity contribution in [3.05, 3.63) is 54.3 Å². The van der Waals surface area contributed by atoms with Gasteiger partial charge in [-0.15, -0.1) is 0 Å². The number of nitrogens with two attached hydrogens (primary N) is 2. The van der Waals surface area contributed by atoms with Crippen LogP contribution in [0, 0.1) is 0 Å². The molecule has 1 aliphatic rings. The van der Waals surface area contributed by atoms with E-state index in [1.165, 1.54) is 0 Å². The van der Waals surface area contributed by atoms with Crippen molar-refractivity contribution >= 4 is 10.9 Å². The summed E-state index contributed by atoms with van der Waals surface area (Å²) in [5.74, 6) is 0. The molecule has 1 aromatic heterocycles. The number of hydrogen-bond acceptors (Lipinski definition) is 3. The highest BCUT2D eigenvalue weighted by Crippen LogP contribution is 2.28. The zero-order valence-corrected chi connectivity index (χ0v) is 10.2. The van der Waals surface area contributed by atoms with Gasteiger partial charge in [0.1, 0.15) is 0 Å². The predicted molar refractivity (Wildman–Crippen MR) is 72.8 cm³/mol. The summed E-state index contributed by atoms with van der Waals surface area (Å²) in [5, 5.41) is 5.32. The second-order valence-corrected chi connectivity index (χ2v) is 4.74. The highest BCUT2D eigenvalue weighted by molar-refractivity contribution is 5.79. The minimum atomic E-state index is -0.640. The summed E-state index contributed by atoms with van der Waals surface area (Å²) in [5.41, 5.74) is 14.0. The first-order chi connectivity index (χ1) is 8.61. The van der Waals surface area contributed by atoms with Crippen molar-refractivity contribution in [2.75, 3.05) is 0 Å². The Morgan fingerprint density at radius 1 is 1.33 bits per heavy atom. The zero-order chi connectivity index (χ0) is 12.8. The van der Waals surface area contributed by atoms with Gasteiger partial charge >= 0.3 is 0 Å². The van der Waals surface area contributed by atoms with Crippen LogP contribution in [0.4, 0.5) is 0 Å². The highest BCUT2D eigenvalue weighted by atomic mass is 15.2. The smallest absolute Gasteiger partial charge is 0.0788 e. The lowest BCUT2D eigenvalue weighted by Gasteiger charge is -2.33. The fraction of sp³-hybridized carbons (Fsp3) is 0.214. The van der Waals surface area contributed by atoms with Gasteiger partial charge in [-0.2, -0.15) is 5.10 Å². The number of benzene rings is 1. The topological polar surface area (TPSA) is 69.9 Å². The summed E-state index contributed by atoms with van der Waals surface area (Å²) in [6.07, 6.45) is 9.59. The first-order valence-corrected chi connectivity index (χ1v) is 5.94. The van der Waals surface area contributed by atoms with Crippen LogP contribution in [0.15, 0.2) is 48.7 Å². The Hall–Kier alpha value is -1.91. The molecule has 1 aromatic carbocycles. The van der Waals surface area contributed by atoms with Gasteiger partial charge in [0.2, 0.25) is 0 Å². The van der Waals surface area contributed by atoms with E-state index in [0.717, 1.165) is 16.5 Å². The van der Waals surface area contributed by atoms with Gasteiger partial charge in [0.25, 0.3) is 0 Å². The molecular weight excluding hydrogens is 224 g/mol. The van der Waals surface area contributed by atoms with E-state index in [-0.39, 0.29) is 6.04 Å². The summed E-state index contributed by atoms with van der Waals surface area (Å²) in [7, 11) is 1.93. The molecule has 92 valence electrons. The zero-order valence-electron chi connectivity index (χ0n) is 10.2. The SMILES string of the molecule is Cn1ncc2cc(C3(N)C=CC=CC3N)ccc21. The maximum absolute atomic E-state index is 6.43. The second kappa shape index (κ2) is 3.80. The molecule has 18 heavy (non-hydrogen) atoms. The molecule has 0 spiro atoms. The van der Waals surface area contributed by atoms with Gasteiger partial charge in [0.15, 0.2) is 0 Å². The Morgan fingerprint density at radius 2 is 2.17 bits per heavy atom. The molecule has 0 radical (unpaired) electrons. The normalized spacial score (nSPS) is 26.9. The van der Waals surface area contributed by atoms with Crippen molar-refractivity contribution in [1.29, 1.82) is 0 Å². The first-order valence-electron chi connectivity index (χ1n) is 5.94. The van der Waals surface area contributed by atoms with Gasteiger partial charge in [-0.25, -0.2) is 0 Å². The molecule has 0 bridgehead atoms. The molecule has 0 fully saturated rings. The largest absolute Gasteiger partial charge is 0.322 e. The van der Waals surface area contributed by atoms with Crippen LogP contribution in [0.2, 0.25) is 0 Å². The van der Waals surface area contributed by atoms with Gasteiger partial charge in [0.05, 0.1) is 17.3 Å². The quantitative estimate of drug-likeness (QED) is 0.786. The molecule has 2 atom stereocenters. The standard InChI is InChI=1S/C14H16N4/c1-18-12-6-5-11(8-10(12)9-17-18)14(16)7-3-2-4-13(14)15/h2-9,13H,15-16H2,1H3. The Morgan fingerprint density at radius 3 is 2.94 bits per heavy atom. The summed E-state index contributed by atoms with van der Waals surface area (Å²) < 4.78 is 1.85. The van der Waals surface area contributed by atoms with E-state index in [9.17, 15) is 0 Å². The van der Waals surface area contributed by atoms with Crippen molar-refractivity contribution in [2.24, 2.45) is 18.5 Å². The van der Waals surface area contributed by atoms with Crippen molar-refractivity contribution in [3.63, 3.8) is 0 Å². The molecule has 4 heteroatoms. The highest BCUT2D eigenvalue weighted by Gasteiger charge is 2.31. The van der Waals surface area contributed by atoms with Crippen LogP contribution in [0.5, 0.6) is 0 Å². The van der Waals surface area contributed by atoms with Gasteiger partial charge in [-0.3, -0.25) is 4.68 Å². The maximum Gasteiger partial charge on any atom is 0.0788 e. The lowest BCUT2D eigenvalue weighted by Crippen LogP contribution is -2.50. The molecule has 4 nitrogen and oxygen atoms in total. The van der Waals surface area contributed by atoms with E-state index >= 15 is 0 Å². The second-order valence-electron chi connectivity index (χ2n) is 4.74. The molecular formula is C14H16N4. The molecule has 3 rings (SSSR count). The van der Waals surface area contributed by atoms with Crippen LogP contribution in [-0.4, -0.2) is 15.8 Å². The average molecular weight is 240 g/mol. The third kappa shape index (κ3) is 1.50. The number of allylic oxidation sites excluding steroid dienone is 2. The molecule has 1 heterocycles. The van der Waals surface area contributed by atoms with E-state index < -0.39 is 5.54 Å². The van der Waals surface area contributed by atoms with E-state index in [4.69, 9.17) is 11.5 Å². The number of fused-ring (bicyclic) bond motifs is 1. The van der Waals surface area contributed by atoms with Crippen molar-refractivity contribution < 1.29 is 0 Å². The monoisotopic (exact) mass is 240 g/mol. The van der Waals surface area contributed by atoms with Crippen molar-refractivity contribution in [3.8, 4) is 0 Å². The summed E-state index contributed by atoms with van der Waals surface area (Å²) in [6.45, 7) is 0. The fourth-order valence-corrected chi connectivity index (χ4v) is 2.39. The Labute approximate surface area is 106 Å². The van der Waals surface area contributed by atoms with Crippen molar-refractivity contribution in [1.82, 2.24) is 9.78 Å². The van der Waals surface area contributed by atoms with Crippen LogP contribution < -0.4 is 11.5 Å². The van der Waals surface area contributed by atoms with Crippen LogP contribution in [-0.2, 0) is 12.6 Å². The molecule has 2 aromatic rings. The van der Waals surface area contributed by atoms with Crippen LogP contribution in [0.3, 0.4) is 0 Å². The van der Waals surface area contributed by atoms with Gasteiger partial charge in [0, 0.05) is 18.5 Å². The Bertz CT molecular complexity index is 653. The van der Waals surface area contributed by atoms with Crippen LogP contribution in [0.25, 0.3) is 10.9 Å². The van der Waals surface area contributed by atoms with E-state index in [1.807, 2.05) is 54.4 Å². The van der Waals surface area contributed by atoms with E-state index in [1.54, 1.807) is 0 Å². The Kier molecular flexibility index (Phi) is 2.36. The molecule has 2 unspecified atom stereocenters. The van der Waals surface area contributed by atoms with Crippen LogP contribution >= 0.6 is 0 Å². The third-order valence-electron chi connectivity index (χ3n) is 3.60. The number of aryl methyl sites for hydroxylation is 1. The average Bonchev–Trinajstić information content (AvgIpc) is 2.75. The van der Waals surface area contributed by atoms with Gasteiger partial charge < -0.3 is 11.5 Å². The van der Waals surface area contributed by atoms with E-state index in [2.05, 4.69) is 11.2 Å². The molecule has 0 amide bonds. The molecule has 0 saturated carbocycles. The minimum Gasteiger partial charge on any atom is -0.322 e. The first kappa shape index (κ1) is 11.2. The maximum atomic E-state index is 6.43. The summed E-state index contributed by atoms with van der Waals surface area (Å²) in [4.78, 5) is 0. The molecule has 0 saturated heterocycles. The third-order valence-corrected chi connectivity index (χ3v) is 3.60. The van der Waals surface area contributed by atoms with Crippen LogP contribution in [0.1, 0.15) is 5.56 Å². The molecule has 0 aliphatic heterocycles. The number of rotatable bonds is 1. The Balaban J connectivity index is 2.14. The fourth-order valence-electron chi connectivity index (χ4n) is 2.39. The molecule has 1 aliphatic carbocycles. The van der Waals surface area contributed by atoms with Gasteiger partial charge in [-0.1, -0.05) is 30.4 Å². The van der Waals surface area contributed by atoms with Gasteiger partial charge in [-0.05, 0) is 17.7 Å². The van der Waals surface area contributed by atoms with Crippen molar-refractivity contribution in [2.45, 2.75) is 11.6 Å². The minimum absolute atomic E-state index is 0.211.